The lowest BCUT2D eigenvalue weighted by Crippen LogP contribution is -2.64. The van der Waals surface area contributed by atoms with E-state index in [1.54, 1.807) is 56.0 Å². The molecule has 2 aromatic rings. The lowest BCUT2D eigenvalue weighted by atomic mass is 9.87. The Bertz CT molecular complexity index is 1270. The summed E-state index contributed by atoms with van der Waals surface area (Å²) in [5.74, 6) is -0.126. The van der Waals surface area contributed by atoms with E-state index in [1.165, 1.54) is 19.2 Å². The van der Waals surface area contributed by atoms with E-state index in [4.69, 9.17) is 18.9 Å². The molecule has 3 amide bonds. The number of morpholine rings is 1. The van der Waals surface area contributed by atoms with Crippen LogP contribution in [0.15, 0.2) is 42.5 Å². The number of aliphatic hydroxyl groups excluding tert-OH is 1. The molecule has 0 aromatic heterocycles. The fourth-order valence-corrected chi connectivity index (χ4v) is 4.83. The summed E-state index contributed by atoms with van der Waals surface area (Å²) in [6.07, 6.45) is -2.49. The van der Waals surface area contributed by atoms with E-state index in [0.29, 0.717) is 48.7 Å². The van der Waals surface area contributed by atoms with E-state index in [9.17, 15) is 24.6 Å². The first kappa shape index (κ1) is 31.2. The molecule has 0 saturated carbocycles. The second kappa shape index (κ2) is 13.1. The number of carbonyl (C=O) groups excluding carboxylic acids is 3. The molecule has 1 saturated heterocycles. The van der Waals surface area contributed by atoms with Gasteiger partial charge in [-0.15, -0.1) is 0 Å². The Labute approximate surface area is 245 Å². The smallest absolute Gasteiger partial charge is 0.412 e. The molecule has 42 heavy (non-hydrogen) atoms. The zero-order chi connectivity index (χ0) is 30.5. The normalized spacial score (nSPS) is 19.5. The molecule has 0 unspecified atom stereocenters. The third-order valence-corrected chi connectivity index (χ3v) is 7.06. The van der Waals surface area contributed by atoms with Crippen LogP contribution in [0.4, 0.5) is 4.79 Å². The van der Waals surface area contributed by atoms with E-state index in [1.807, 2.05) is 0 Å². The van der Waals surface area contributed by atoms with Gasteiger partial charge >= 0.3 is 6.09 Å². The van der Waals surface area contributed by atoms with Crippen molar-refractivity contribution in [2.75, 3.05) is 46.8 Å². The van der Waals surface area contributed by atoms with Gasteiger partial charge < -0.3 is 39.4 Å². The number of hydrogen-bond donors (Lipinski definition) is 3. The Balaban J connectivity index is 1.47. The number of rotatable bonds is 8. The number of methoxy groups -OCH3 is 1. The molecule has 2 aromatic carbocycles. The predicted octanol–water partition coefficient (Wildman–Crippen LogP) is 1.91. The van der Waals surface area contributed by atoms with Gasteiger partial charge in [0.25, 0.3) is 11.8 Å². The first-order chi connectivity index (χ1) is 19.9. The Hall–Kier alpha value is -3.71. The summed E-state index contributed by atoms with van der Waals surface area (Å²) in [6.45, 7) is 6.74. The molecule has 2 heterocycles. The van der Waals surface area contributed by atoms with Crippen LogP contribution in [0.5, 0.6) is 5.75 Å². The monoisotopic (exact) mass is 585 g/mol. The van der Waals surface area contributed by atoms with Crippen molar-refractivity contribution in [3.63, 3.8) is 0 Å². The van der Waals surface area contributed by atoms with Gasteiger partial charge in [0, 0.05) is 44.3 Å². The van der Waals surface area contributed by atoms with Crippen LogP contribution in [0.2, 0.25) is 0 Å². The molecular weight excluding hydrogens is 546 g/mol. The van der Waals surface area contributed by atoms with E-state index >= 15 is 0 Å². The Kier molecular flexibility index (Phi) is 9.72. The third-order valence-electron chi connectivity index (χ3n) is 7.06. The summed E-state index contributed by atoms with van der Waals surface area (Å²) in [5.41, 5.74) is -0.793. The Morgan fingerprint density at radius 3 is 2.36 bits per heavy atom. The minimum Gasteiger partial charge on any atom is -0.468 e. The summed E-state index contributed by atoms with van der Waals surface area (Å²) in [7, 11) is 1.51. The van der Waals surface area contributed by atoms with Crippen molar-refractivity contribution in [1.29, 1.82) is 0 Å². The molecule has 2 atom stereocenters. The quantitative estimate of drug-likeness (QED) is 0.395. The van der Waals surface area contributed by atoms with Crippen molar-refractivity contribution >= 4 is 17.9 Å². The van der Waals surface area contributed by atoms with Crippen LogP contribution in [0.25, 0.3) is 0 Å². The number of amides is 3. The lowest BCUT2D eigenvalue weighted by molar-refractivity contribution is -0.177. The molecule has 0 bridgehead atoms. The minimum absolute atomic E-state index is 0.0455. The van der Waals surface area contributed by atoms with Gasteiger partial charge in [-0.3, -0.25) is 14.5 Å². The summed E-state index contributed by atoms with van der Waals surface area (Å²) in [6, 6.07) is 11.4. The maximum atomic E-state index is 13.2. The van der Waals surface area contributed by atoms with E-state index in [-0.39, 0.29) is 37.8 Å². The van der Waals surface area contributed by atoms with Crippen LogP contribution >= 0.6 is 0 Å². The van der Waals surface area contributed by atoms with Crippen LogP contribution in [-0.2, 0) is 27.2 Å². The van der Waals surface area contributed by atoms with E-state index in [0.717, 1.165) is 4.90 Å². The highest BCUT2D eigenvalue weighted by Crippen LogP contribution is 2.35. The van der Waals surface area contributed by atoms with E-state index < -0.39 is 29.4 Å². The molecule has 0 aliphatic carbocycles. The van der Waals surface area contributed by atoms with Gasteiger partial charge in [0.05, 0.1) is 19.8 Å². The van der Waals surface area contributed by atoms with Gasteiger partial charge in [-0.05, 0) is 68.3 Å². The van der Waals surface area contributed by atoms with Gasteiger partial charge in [0.2, 0.25) is 0 Å². The number of nitrogens with zero attached hydrogens (tertiary/aromatic N) is 2. The zero-order valence-electron chi connectivity index (χ0n) is 24.4. The Morgan fingerprint density at radius 1 is 1.05 bits per heavy atom. The van der Waals surface area contributed by atoms with Crippen LogP contribution in [0, 0.1) is 0 Å². The average molecular weight is 586 g/mol. The van der Waals surface area contributed by atoms with Crippen molar-refractivity contribution in [3.05, 3.63) is 64.7 Å². The summed E-state index contributed by atoms with van der Waals surface area (Å²) in [5, 5.41) is 25.6. The Morgan fingerprint density at radius 2 is 1.71 bits per heavy atom. The molecule has 1 fully saturated rings. The second-order valence-electron chi connectivity index (χ2n) is 11.3. The number of aliphatic hydroxyl groups is 2. The summed E-state index contributed by atoms with van der Waals surface area (Å²) in [4.78, 5) is 41.6. The molecule has 12 nitrogen and oxygen atoms in total. The number of ether oxygens (including phenoxy) is 4. The number of hydrogen-bond acceptors (Lipinski definition) is 9. The standard InChI is InChI=1S/C30H39N3O9/c1-29(2,3)42-28(37)33-18-23-15-24(41-19-39-4)10-9-22(23)16-30(33,38)25(34)17-31-26(35)20-5-7-21(8-6-20)27(36)32-11-13-40-14-12-32/h5-10,15,25,34,38H,11-14,16-19H2,1-4H3,(H,31,35)/t25-,30+/m1/s1. The van der Waals surface area contributed by atoms with Crippen LogP contribution in [0.3, 0.4) is 0 Å². The molecule has 2 aliphatic heterocycles. The molecule has 2 aliphatic rings. The zero-order valence-corrected chi connectivity index (χ0v) is 24.4. The van der Waals surface area contributed by atoms with Gasteiger partial charge in [-0.2, -0.15) is 0 Å². The molecule has 12 heteroatoms. The lowest BCUT2D eigenvalue weighted by Gasteiger charge is -2.46. The summed E-state index contributed by atoms with van der Waals surface area (Å²) >= 11 is 0. The van der Waals surface area contributed by atoms with Crippen molar-refractivity contribution in [3.8, 4) is 5.75 Å². The first-order valence-corrected chi connectivity index (χ1v) is 13.8. The maximum Gasteiger partial charge on any atom is 0.412 e. The second-order valence-corrected chi connectivity index (χ2v) is 11.3. The number of carbonyl (C=O) groups is 3. The van der Waals surface area contributed by atoms with Crippen molar-refractivity contribution < 1.29 is 43.5 Å². The largest absolute Gasteiger partial charge is 0.468 e. The topological polar surface area (TPSA) is 147 Å². The number of nitrogens with one attached hydrogen (secondary N) is 1. The van der Waals surface area contributed by atoms with Crippen LogP contribution in [-0.4, -0.2) is 102 Å². The highest BCUT2D eigenvalue weighted by molar-refractivity contribution is 5.97. The van der Waals surface area contributed by atoms with Gasteiger partial charge in [-0.25, -0.2) is 4.79 Å². The van der Waals surface area contributed by atoms with Crippen LogP contribution < -0.4 is 10.1 Å². The first-order valence-electron chi connectivity index (χ1n) is 13.8. The highest BCUT2D eigenvalue weighted by Gasteiger charge is 2.49. The molecular formula is C30H39N3O9. The number of fused-ring (bicyclic) bond motifs is 1. The van der Waals surface area contributed by atoms with Crippen molar-refractivity contribution in [1.82, 2.24) is 15.1 Å². The molecule has 3 N–H and O–H groups in total. The molecule has 0 spiro atoms. The molecule has 228 valence electrons. The van der Waals surface area contributed by atoms with Crippen molar-refractivity contribution in [2.45, 2.75) is 51.2 Å². The van der Waals surface area contributed by atoms with Gasteiger partial charge in [0.15, 0.2) is 12.5 Å². The number of benzene rings is 2. The minimum atomic E-state index is -2.08. The predicted molar refractivity (Wildman–Crippen MR) is 151 cm³/mol. The van der Waals surface area contributed by atoms with E-state index in [2.05, 4.69) is 5.32 Å². The SMILES string of the molecule is COCOc1ccc2c(c1)CN(C(=O)OC(C)(C)C)[C@@](O)([C@H](O)CNC(=O)c1ccc(C(=O)N3CCOCC3)cc1)C2. The molecule has 0 radical (unpaired) electrons. The molecule has 4 rings (SSSR count). The van der Waals surface area contributed by atoms with Crippen LogP contribution in [0.1, 0.15) is 52.6 Å². The fourth-order valence-electron chi connectivity index (χ4n) is 4.83. The van der Waals surface area contributed by atoms with Crippen molar-refractivity contribution in [2.24, 2.45) is 0 Å². The third kappa shape index (κ3) is 7.37. The maximum absolute atomic E-state index is 13.2. The van der Waals surface area contributed by atoms with Gasteiger partial charge in [-0.1, -0.05) is 6.07 Å². The summed E-state index contributed by atoms with van der Waals surface area (Å²) < 4.78 is 21.3. The fraction of sp³-hybridized carbons (Fsp3) is 0.500. The highest BCUT2D eigenvalue weighted by atomic mass is 16.7. The average Bonchev–Trinajstić information content (AvgIpc) is 2.97. The van der Waals surface area contributed by atoms with Gasteiger partial charge in [0.1, 0.15) is 17.5 Å².